The molecule has 0 spiro atoms. The number of carbonyl (C=O) groups excluding carboxylic acids is 1. The molecule has 1 aromatic heterocycles. The standard InChI is InChI=1S/C11H9FN4O/c12-8-5-7(13)1-2-9(8)16-11(17)10-6-14-3-4-15-10/h1-6H,13H2,(H,16,17). The number of nitrogen functional groups attached to an aromatic ring is 1. The third-order valence-electron chi connectivity index (χ3n) is 2.04. The van der Waals surface area contributed by atoms with E-state index < -0.39 is 11.7 Å². The molecule has 86 valence electrons. The molecule has 0 aliphatic rings. The Bertz CT molecular complexity index is 544. The molecular formula is C11H9FN4O. The molecule has 6 heteroatoms. The average molecular weight is 232 g/mol. The summed E-state index contributed by atoms with van der Waals surface area (Å²) in [6.07, 6.45) is 4.12. The van der Waals surface area contributed by atoms with Crippen molar-refractivity contribution in [2.24, 2.45) is 0 Å². The highest BCUT2D eigenvalue weighted by Crippen LogP contribution is 2.17. The first-order valence-corrected chi connectivity index (χ1v) is 4.79. The first-order valence-electron chi connectivity index (χ1n) is 4.79. The summed E-state index contributed by atoms with van der Waals surface area (Å²) in [6.45, 7) is 0. The Labute approximate surface area is 96.5 Å². The van der Waals surface area contributed by atoms with Gasteiger partial charge in [-0.05, 0) is 18.2 Å². The highest BCUT2D eigenvalue weighted by atomic mass is 19.1. The van der Waals surface area contributed by atoms with Crippen LogP contribution in [0.2, 0.25) is 0 Å². The zero-order valence-corrected chi connectivity index (χ0v) is 8.72. The van der Waals surface area contributed by atoms with Crippen LogP contribution < -0.4 is 11.1 Å². The second kappa shape index (κ2) is 4.56. The number of anilines is 2. The number of hydrogen-bond donors (Lipinski definition) is 2. The number of nitrogens with zero attached hydrogens (tertiary/aromatic N) is 2. The van der Waals surface area contributed by atoms with Crippen LogP contribution in [0.3, 0.4) is 0 Å². The summed E-state index contributed by atoms with van der Waals surface area (Å²) in [5.41, 5.74) is 5.85. The minimum atomic E-state index is -0.595. The molecule has 0 radical (unpaired) electrons. The number of carbonyl (C=O) groups is 1. The molecule has 2 aromatic rings. The fraction of sp³-hybridized carbons (Fsp3) is 0. The van der Waals surface area contributed by atoms with Crippen LogP contribution in [0.5, 0.6) is 0 Å². The smallest absolute Gasteiger partial charge is 0.275 e. The molecular weight excluding hydrogens is 223 g/mol. The van der Waals surface area contributed by atoms with Crippen molar-refractivity contribution in [3.05, 3.63) is 48.3 Å². The van der Waals surface area contributed by atoms with Gasteiger partial charge in [0.2, 0.25) is 0 Å². The molecule has 0 atom stereocenters. The summed E-state index contributed by atoms with van der Waals surface area (Å²) in [4.78, 5) is 19.2. The molecule has 3 N–H and O–H groups in total. The quantitative estimate of drug-likeness (QED) is 0.768. The third kappa shape index (κ3) is 2.54. The van der Waals surface area contributed by atoms with Crippen LogP contribution in [-0.2, 0) is 0 Å². The third-order valence-corrected chi connectivity index (χ3v) is 2.04. The van der Waals surface area contributed by atoms with E-state index in [-0.39, 0.29) is 11.4 Å². The van der Waals surface area contributed by atoms with Gasteiger partial charge in [0.05, 0.1) is 11.9 Å². The van der Waals surface area contributed by atoms with E-state index in [0.717, 1.165) is 6.07 Å². The van der Waals surface area contributed by atoms with Gasteiger partial charge in [-0.15, -0.1) is 0 Å². The van der Waals surface area contributed by atoms with Gasteiger partial charge < -0.3 is 11.1 Å². The number of nitrogens with one attached hydrogen (secondary N) is 1. The van der Waals surface area contributed by atoms with Crippen LogP contribution in [0.4, 0.5) is 15.8 Å². The zero-order chi connectivity index (χ0) is 12.3. The van der Waals surface area contributed by atoms with Crippen molar-refractivity contribution in [1.29, 1.82) is 0 Å². The van der Waals surface area contributed by atoms with Crippen LogP contribution in [0, 0.1) is 5.82 Å². The van der Waals surface area contributed by atoms with Crippen molar-refractivity contribution in [3.63, 3.8) is 0 Å². The number of halogens is 1. The van der Waals surface area contributed by atoms with E-state index in [0.29, 0.717) is 5.69 Å². The Kier molecular flexibility index (Phi) is 2.95. The number of nitrogens with two attached hydrogens (primary N) is 1. The van der Waals surface area contributed by atoms with Gasteiger partial charge in [0.15, 0.2) is 0 Å². The largest absolute Gasteiger partial charge is 0.399 e. The molecule has 0 saturated carbocycles. The molecule has 0 saturated heterocycles. The van der Waals surface area contributed by atoms with Gasteiger partial charge in [0.25, 0.3) is 5.91 Å². The van der Waals surface area contributed by atoms with E-state index in [1.54, 1.807) is 0 Å². The minimum absolute atomic E-state index is 0.0508. The lowest BCUT2D eigenvalue weighted by Gasteiger charge is -2.05. The van der Waals surface area contributed by atoms with E-state index in [1.165, 1.54) is 30.7 Å². The molecule has 17 heavy (non-hydrogen) atoms. The summed E-state index contributed by atoms with van der Waals surface area (Å²) in [5, 5.41) is 2.38. The minimum Gasteiger partial charge on any atom is -0.399 e. The summed E-state index contributed by atoms with van der Waals surface area (Å²) < 4.78 is 13.4. The van der Waals surface area contributed by atoms with Crippen molar-refractivity contribution >= 4 is 17.3 Å². The van der Waals surface area contributed by atoms with Crippen molar-refractivity contribution in [2.45, 2.75) is 0 Å². The van der Waals surface area contributed by atoms with Gasteiger partial charge in [-0.2, -0.15) is 0 Å². The second-order valence-electron chi connectivity index (χ2n) is 3.28. The fourth-order valence-corrected chi connectivity index (χ4v) is 1.24. The Morgan fingerprint density at radius 1 is 1.35 bits per heavy atom. The predicted molar refractivity (Wildman–Crippen MR) is 60.8 cm³/mol. The Hall–Kier alpha value is -2.50. The van der Waals surface area contributed by atoms with E-state index >= 15 is 0 Å². The first kappa shape index (κ1) is 11.0. The SMILES string of the molecule is Nc1ccc(NC(=O)c2cnccn2)c(F)c1. The Morgan fingerprint density at radius 2 is 2.18 bits per heavy atom. The van der Waals surface area contributed by atoms with E-state index in [1.807, 2.05) is 0 Å². The van der Waals surface area contributed by atoms with Crippen molar-refractivity contribution in [2.75, 3.05) is 11.1 Å². The molecule has 2 rings (SSSR count). The van der Waals surface area contributed by atoms with E-state index in [2.05, 4.69) is 15.3 Å². The second-order valence-corrected chi connectivity index (χ2v) is 3.28. The summed E-state index contributed by atoms with van der Waals surface area (Å²) in [6, 6.07) is 4.01. The molecule has 1 heterocycles. The van der Waals surface area contributed by atoms with Gasteiger partial charge in [0, 0.05) is 18.1 Å². The topological polar surface area (TPSA) is 80.9 Å². The first-order chi connectivity index (χ1) is 8.16. The van der Waals surface area contributed by atoms with Crippen molar-refractivity contribution in [1.82, 2.24) is 9.97 Å². The maximum atomic E-state index is 13.4. The summed E-state index contributed by atoms with van der Waals surface area (Å²) >= 11 is 0. The maximum Gasteiger partial charge on any atom is 0.275 e. The molecule has 1 aromatic carbocycles. The van der Waals surface area contributed by atoms with Gasteiger partial charge >= 0.3 is 0 Å². The lowest BCUT2D eigenvalue weighted by atomic mass is 10.2. The Morgan fingerprint density at radius 3 is 2.82 bits per heavy atom. The highest BCUT2D eigenvalue weighted by molar-refractivity contribution is 6.02. The molecule has 0 unspecified atom stereocenters. The molecule has 5 nitrogen and oxygen atoms in total. The van der Waals surface area contributed by atoms with Crippen LogP contribution in [0.25, 0.3) is 0 Å². The van der Waals surface area contributed by atoms with Crippen LogP contribution in [0.15, 0.2) is 36.8 Å². The zero-order valence-electron chi connectivity index (χ0n) is 8.72. The van der Waals surface area contributed by atoms with Crippen molar-refractivity contribution < 1.29 is 9.18 Å². The number of rotatable bonds is 2. The number of aromatic nitrogens is 2. The van der Waals surface area contributed by atoms with E-state index in [9.17, 15) is 9.18 Å². The summed E-state index contributed by atoms with van der Waals surface area (Å²) in [5.74, 6) is -1.12. The lowest BCUT2D eigenvalue weighted by Crippen LogP contribution is -2.14. The number of hydrogen-bond acceptors (Lipinski definition) is 4. The summed E-state index contributed by atoms with van der Waals surface area (Å²) in [7, 11) is 0. The van der Waals surface area contributed by atoms with Crippen LogP contribution in [0.1, 0.15) is 10.5 Å². The van der Waals surface area contributed by atoms with Gasteiger partial charge in [0.1, 0.15) is 11.5 Å². The van der Waals surface area contributed by atoms with Gasteiger partial charge in [-0.3, -0.25) is 9.78 Å². The molecule has 0 aliphatic heterocycles. The number of benzene rings is 1. The molecule has 0 bridgehead atoms. The van der Waals surface area contributed by atoms with Gasteiger partial charge in [-0.25, -0.2) is 9.37 Å². The molecule has 1 amide bonds. The molecule has 0 aliphatic carbocycles. The van der Waals surface area contributed by atoms with Crippen molar-refractivity contribution in [3.8, 4) is 0 Å². The van der Waals surface area contributed by atoms with Gasteiger partial charge in [-0.1, -0.05) is 0 Å². The monoisotopic (exact) mass is 232 g/mol. The van der Waals surface area contributed by atoms with E-state index in [4.69, 9.17) is 5.73 Å². The average Bonchev–Trinajstić information content (AvgIpc) is 2.34. The van der Waals surface area contributed by atoms with Crippen LogP contribution in [-0.4, -0.2) is 15.9 Å². The maximum absolute atomic E-state index is 13.4. The fourth-order valence-electron chi connectivity index (χ4n) is 1.24. The normalized spacial score (nSPS) is 9.94. The predicted octanol–water partition coefficient (Wildman–Crippen LogP) is 1.45. The van der Waals surface area contributed by atoms with Crippen LogP contribution >= 0.6 is 0 Å². The number of amides is 1. The highest BCUT2D eigenvalue weighted by Gasteiger charge is 2.10. The molecule has 0 fully saturated rings. The Balaban J connectivity index is 2.19. The lowest BCUT2D eigenvalue weighted by molar-refractivity contribution is 0.102.